The van der Waals surface area contributed by atoms with Crippen LogP contribution in [0.3, 0.4) is 0 Å². The largest absolute Gasteiger partial charge is 0.461 e. The highest BCUT2D eigenvalue weighted by Crippen LogP contribution is 2.24. The number of carbonyl (C=O) groups is 3. The van der Waals surface area contributed by atoms with E-state index < -0.39 is 24.0 Å². The molecular formula is C21H28N2O6. The molecule has 1 heterocycles. The molecule has 158 valence electrons. The molecule has 1 fully saturated rings. The molecule has 2 unspecified atom stereocenters. The standard InChI is InChI=1S/C21H28N2O6/c1-5-6-10-15(2)29-20(25)18(27-3)14-22-17(13-16-11-8-7-9-12-16)19(24)23(28-4)21(22)26/h7-9,11-13,15,18H,5-6,10,14H2,1-4H3. The maximum atomic E-state index is 12.6. The number of carbonyl (C=O) groups excluding carboxylic acids is 3. The second kappa shape index (κ2) is 10.7. The fourth-order valence-electron chi connectivity index (χ4n) is 2.94. The predicted octanol–water partition coefficient (Wildman–Crippen LogP) is 2.99. The third-order valence-corrected chi connectivity index (χ3v) is 4.56. The van der Waals surface area contributed by atoms with E-state index in [0.29, 0.717) is 5.06 Å². The van der Waals surface area contributed by atoms with E-state index in [0.717, 1.165) is 24.8 Å². The van der Waals surface area contributed by atoms with Gasteiger partial charge in [0.15, 0.2) is 6.10 Å². The summed E-state index contributed by atoms with van der Waals surface area (Å²) in [6.45, 7) is 3.71. The van der Waals surface area contributed by atoms with Crippen molar-refractivity contribution in [3.05, 3.63) is 41.6 Å². The molecule has 1 aromatic carbocycles. The van der Waals surface area contributed by atoms with Gasteiger partial charge in [-0.05, 0) is 25.0 Å². The zero-order valence-electron chi connectivity index (χ0n) is 17.3. The van der Waals surface area contributed by atoms with E-state index in [9.17, 15) is 14.4 Å². The van der Waals surface area contributed by atoms with Gasteiger partial charge in [0.05, 0.1) is 19.8 Å². The van der Waals surface area contributed by atoms with Crippen LogP contribution in [-0.4, -0.2) is 60.8 Å². The molecule has 1 aliphatic heterocycles. The van der Waals surface area contributed by atoms with Crippen LogP contribution in [-0.2, 0) is 23.9 Å². The third kappa shape index (κ3) is 5.65. The highest BCUT2D eigenvalue weighted by atomic mass is 16.7. The lowest BCUT2D eigenvalue weighted by molar-refractivity contribution is -0.160. The van der Waals surface area contributed by atoms with Crippen molar-refractivity contribution >= 4 is 24.0 Å². The Labute approximate surface area is 171 Å². The maximum Gasteiger partial charge on any atom is 0.356 e. The number of nitrogens with zero attached hydrogens (tertiary/aromatic N) is 2. The third-order valence-electron chi connectivity index (χ3n) is 4.56. The molecule has 2 rings (SSSR count). The average Bonchev–Trinajstić information content (AvgIpc) is 2.94. The summed E-state index contributed by atoms with van der Waals surface area (Å²) in [5, 5.41) is 0.650. The van der Waals surface area contributed by atoms with Crippen LogP contribution < -0.4 is 0 Å². The summed E-state index contributed by atoms with van der Waals surface area (Å²) in [5.41, 5.74) is 0.827. The van der Waals surface area contributed by atoms with E-state index in [1.165, 1.54) is 19.1 Å². The average molecular weight is 404 g/mol. The molecule has 0 aliphatic carbocycles. The van der Waals surface area contributed by atoms with E-state index in [1.807, 2.05) is 25.1 Å². The van der Waals surface area contributed by atoms with Gasteiger partial charge >= 0.3 is 17.9 Å². The SMILES string of the molecule is CCCCC(C)OC(=O)C(CN1C(=O)N(OC)C(=O)C1=Cc1ccccc1)OC. The van der Waals surface area contributed by atoms with E-state index in [1.54, 1.807) is 18.2 Å². The van der Waals surface area contributed by atoms with Gasteiger partial charge in [0.25, 0.3) is 0 Å². The normalized spacial score (nSPS) is 17.7. The fraction of sp³-hybridized carbons (Fsp3) is 0.476. The number of unbranched alkanes of at least 4 members (excludes halogenated alkanes) is 1. The number of esters is 1. The van der Waals surface area contributed by atoms with Crippen molar-refractivity contribution in [1.29, 1.82) is 0 Å². The van der Waals surface area contributed by atoms with Crippen molar-refractivity contribution in [2.45, 2.75) is 45.3 Å². The van der Waals surface area contributed by atoms with Gasteiger partial charge in [-0.1, -0.05) is 50.1 Å². The topological polar surface area (TPSA) is 85.4 Å². The van der Waals surface area contributed by atoms with Crippen LogP contribution in [0.25, 0.3) is 6.08 Å². The number of imide groups is 1. The number of hydrogen-bond donors (Lipinski definition) is 0. The summed E-state index contributed by atoms with van der Waals surface area (Å²) in [4.78, 5) is 43.8. The van der Waals surface area contributed by atoms with Crippen molar-refractivity contribution < 1.29 is 28.7 Å². The first-order chi connectivity index (χ1) is 13.9. The van der Waals surface area contributed by atoms with Gasteiger partial charge in [-0.25, -0.2) is 9.59 Å². The quantitative estimate of drug-likeness (QED) is 0.339. The Kier molecular flexibility index (Phi) is 8.35. The molecule has 1 saturated heterocycles. The summed E-state index contributed by atoms with van der Waals surface area (Å²) in [7, 11) is 2.59. The second-order valence-electron chi connectivity index (χ2n) is 6.73. The van der Waals surface area contributed by atoms with Gasteiger partial charge in [0.2, 0.25) is 0 Å². The molecule has 1 aliphatic rings. The molecule has 1 aromatic rings. The maximum absolute atomic E-state index is 12.6. The minimum Gasteiger partial charge on any atom is -0.461 e. The Bertz CT molecular complexity index is 749. The Morgan fingerprint density at radius 3 is 2.45 bits per heavy atom. The Balaban J connectivity index is 2.21. The summed E-state index contributed by atoms with van der Waals surface area (Å²) >= 11 is 0. The van der Waals surface area contributed by atoms with Crippen LogP contribution in [0.5, 0.6) is 0 Å². The van der Waals surface area contributed by atoms with Gasteiger partial charge in [-0.3, -0.25) is 14.5 Å². The molecule has 3 amide bonds. The Morgan fingerprint density at radius 1 is 1.17 bits per heavy atom. The van der Waals surface area contributed by atoms with E-state index >= 15 is 0 Å². The van der Waals surface area contributed by atoms with Gasteiger partial charge < -0.3 is 9.47 Å². The van der Waals surface area contributed by atoms with Crippen LogP contribution in [0.4, 0.5) is 4.79 Å². The molecule has 8 heteroatoms. The lowest BCUT2D eigenvalue weighted by Crippen LogP contribution is -2.41. The van der Waals surface area contributed by atoms with E-state index in [2.05, 4.69) is 6.92 Å². The molecule has 8 nitrogen and oxygen atoms in total. The van der Waals surface area contributed by atoms with Crippen molar-refractivity contribution in [1.82, 2.24) is 9.96 Å². The molecule has 0 aromatic heterocycles. The number of methoxy groups -OCH3 is 1. The first kappa shape index (κ1) is 22.6. The van der Waals surface area contributed by atoms with Crippen molar-refractivity contribution in [3.8, 4) is 0 Å². The Morgan fingerprint density at radius 2 is 1.86 bits per heavy atom. The number of urea groups is 1. The number of benzene rings is 1. The monoisotopic (exact) mass is 404 g/mol. The highest BCUT2D eigenvalue weighted by molar-refractivity contribution is 6.13. The smallest absolute Gasteiger partial charge is 0.356 e. The lowest BCUT2D eigenvalue weighted by atomic mass is 10.1. The summed E-state index contributed by atoms with van der Waals surface area (Å²) < 4.78 is 10.7. The van der Waals surface area contributed by atoms with Gasteiger partial charge in [-0.15, -0.1) is 5.06 Å². The van der Waals surface area contributed by atoms with Gasteiger partial charge in [0, 0.05) is 7.11 Å². The molecule has 0 radical (unpaired) electrons. The summed E-state index contributed by atoms with van der Waals surface area (Å²) in [6.07, 6.45) is 2.97. The predicted molar refractivity (Wildman–Crippen MR) is 106 cm³/mol. The molecule has 0 spiro atoms. The van der Waals surface area contributed by atoms with Crippen molar-refractivity contribution in [2.24, 2.45) is 0 Å². The van der Waals surface area contributed by atoms with E-state index in [-0.39, 0.29) is 18.3 Å². The van der Waals surface area contributed by atoms with Crippen LogP contribution in [0.1, 0.15) is 38.7 Å². The molecular weight excluding hydrogens is 376 g/mol. The van der Waals surface area contributed by atoms with Crippen LogP contribution >= 0.6 is 0 Å². The number of hydrogen-bond acceptors (Lipinski definition) is 6. The fourth-order valence-corrected chi connectivity index (χ4v) is 2.94. The van der Waals surface area contributed by atoms with Crippen molar-refractivity contribution in [2.75, 3.05) is 20.8 Å². The van der Waals surface area contributed by atoms with E-state index in [4.69, 9.17) is 14.3 Å². The second-order valence-corrected chi connectivity index (χ2v) is 6.73. The molecule has 0 bridgehead atoms. The minimum absolute atomic E-state index is 0.0944. The Hall–Kier alpha value is -2.71. The summed E-state index contributed by atoms with van der Waals surface area (Å²) in [6, 6.07) is 8.40. The number of hydroxylamine groups is 2. The zero-order chi connectivity index (χ0) is 21.4. The molecule has 29 heavy (non-hydrogen) atoms. The lowest BCUT2D eigenvalue weighted by Gasteiger charge is -2.23. The first-order valence-corrected chi connectivity index (χ1v) is 9.63. The van der Waals surface area contributed by atoms with Crippen LogP contribution in [0, 0.1) is 0 Å². The first-order valence-electron chi connectivity index (χ1n) is 9.63. The molecule has 0 saturated carbocycles. The number of rotatable bonds is 10. The zero-order valence-corrected chi connectivity index (χ0v) is 17.3. The summed E-state index contributed by atoms with van der Waals surface area (Å²) in [5.74, 6) is -1.19. The van der Waals surface area contributed by atoms with Gasteiger partial charge in [0.1, 0.15) is 5.70 Å². The number of amides is 3. The molecule has 0 N–H and O–H groups in total. The van der Waals surface area contributed by atoms with Crippen LogP contribution in [0.2, 0.25) is 0 Å². The highest BCUT2D eigenvalue weighted by Gasteiger charge is 2.44. The number of ether oxygens (including phenoxy) is 2. The van der Waals surface area contributed by atoms with Crippen molar-refractivity contribution in [3.63, 3.8) is 0 Å². The van der Waals surface area contributed by atoms with Gasteiger partial charge in [-0.2, -0.15) is 0 Å². The van der Waals surface area contributed by atoms with Crippen LogP contribution in [0.15, 0.2) is 36.0 Å². The molecule has 2 atom stereocenters. The minimum atomic E-state index is -1.04.